The van der Waals surface area contributed by atoms with Crippen LogP contribution in [0.2, 0.25) is 0 Å². The van der Waals surface area contributed by atoms with Crippen molar-refractivity contribution in [3.05, 3.63) is 35.7 Å². The van der Waals surface area contributed by atoms with E-state index in [1.54, 1.807) is 7.11 Å². The number of hydrogen-bond donors (Lipinski definition) is 2. The molecular weight excluding hydrogens is 242 g/mol. The summed E-state index contributed by atoms with van der Waals surface area (Å²) in [6, 6.07) is 7.70. The fraction of sp³-hybridized carbons (Fsp3) is 0.231. The van der Waals surface area contributed by atoms with Crippen LogP contribution in [0.5, 0.6) is 5.75 Å². The number of hydrogen-bond acceptors (Lipinski definition) is 4. The number of ether oxygens (including phenoxy) is 1. The average molecular weight is 257 g/mol. The van der Waals surface area contributed by atoms with Crippen LogP contribution in [0, 0.1) is 6.92 Å². The Kier molecular flexibility index (Phi) is 2.72. The van der Waals surface area contributed by atoms with Crippen molar-refractivity contribution in [2.24, 2.45) is 5.73 Å². The van der Waals surface area contributed by atoms with E-state index < -0.39 is 0 Å². The number of nitrogens with one attached hydrogen (secondary N) is 1. The van der Waals surface area contributed by atoms with Gasteiger partial charge in [0.2, 0.25) is 0 Å². The lowest BCUT2D eigenvalue weighted by molar-refractivity contribution is 0.415. The highest BCUT2D eigenvalue weighted by Crippen LogP contribution is 2.21. The van der Waals surface area contributed by atoms with Gasteiger partial charge in [-0.1, -0.05) is 0 Å². The highest BCUT2D eigenvalue weighted by Gasteiger charge is 2.12. The number of fused-ring (bicyclic) bond motifs is 1. The van der Waals surface area contributed by atoms with E-state index in [1.807, 2.05) is 35.7 Å². The topological polar surface area (TPSA) is 81.2 Å². The SMILES string of the molecule is COc1ccc(-c2nc3nc(C)c(CN)n3[nH]2)cc1. The molecule has 0 bridgehead atoms. The predicted octanol–water partition coefficient (Wildman–Crippen LogP) is 1.50. The number of aromatic nitrogens is 4. The molecule has 0 aliphatic rings. The quantitative estimate of drug-likeness (QED) is 0.745. The summed E-state index contributed by atoms with van der Waals surface area (Å²) in [5.41, 5.74) is 8.55. The minimum atomic E-state index is 0.428. The molecule has 0 unspecified atom stereocenters. The van der Waals surface area contributed by atoms with Crippen molar-refractivity contribution in [1.29, 1.82) is 0 Å². The summed E-state index contributed by atoms with van der Waals surface area (Å²) in [5.74, 6) is 2.22. The number of imidazole rings is 1. The summed E-state index contributed by atoms with van der Waals surface area (Å²) < 4.78 is 6.96. The van der Waals surface area contributed by atoms with E-state index in [2.05, 4.69) is 15.1 Å². The molecule has 6 heteroatoms. The summed E-state index contributed by atoms with van der Waals surface area (Å²) in [5, 5.41) is 3.21. The normalized spacial score (nSPS) is 11.1. The first-order valence-corrected chi connectivity index (χ1v) is 6.01. The second-order valence-electron chi connectivity index (χ2n) is 4.28. The monoisotopic (exact) mass is 257 g/mol. The molecule has 0 spiro atoms. The lowest BCUT2D eigenvalue weighted by Gasteiger charge is -2.00. The fourth-order valence-corrected chi connectivity index (χ4v) is 2.09. The Hall–Kier alpha value is -2.34. The highest BCUT2D eigenvalue weighted by molar-refractivity contribution is 5.58. The molecule has 2 aromatic heterocycles. The van der Waals surface area contributed by atoms with Crippen LogP contribution < -0.4 is 10.5 Å². The number of aromatic amines is 1. The Morgan fingerprint density at radius 1 is 1.26 bits per heavy atom. The van der Waals surface area contributed by atoms with E-state index in [4.69, 9.17) is 10.5 Å². The Balaban J connectivity index is 2.07. The molecule has 98 valence electrons. The Labute approximate surface area is 110 Å². The van der Waals surface area contributed by atoms with E-state index in [1.165, 1.54) is 0 Å². The molecule has 3 aromatic rings. The summed E-state index contributed by atoms with van der Waals surface area (Å²) in [4.78, 5) is 8.85. The minimum Gasteiger partial charge on any atom is -0.497 e. The van der Waals surface area contributed by atoms with E-state index >= 15 is 0 Å². The molecule has 0 fully saturated rings. The van der Waals surface area contributed by atoms with Crippen molar-refractivity contribution < 1.29 is 4.74 Å². The molecule has 0 saturated heterocycles. The fourth-order valence-electron chi connectivity index (χ4n) is 2.09. The first-order chi connectivity index (χ1) is 9.22. The molecule has 0 aliphatic heterocycles. The molecular formula is C13H15N5O. The molecule has 3 N–H and O–H groups in total. The van der Waals surface area contributed by atoms with Gasteiger partial charge in [0.05, 0.1) is 18.5 Å². The highest BCUT2D eigenvalue weighted by atomic mass is 16.5. The van der Waals surface area contributed by atoms with Gasteiger partial charge in [-0.15, -0.1) is 0 Å². The smallest absolute Gasteiger partial charge is 0.251 e. The van der Waals surface area contributed by atoms with Gasteiger partial charge in [0.15, 0.2) is 5.82 Å². The van der Waals surface area contributed by atoms with Gasteiger partial charge < -0.3 is 10.5 Å². The van der Waals surface area contributed by atoms with Crippen LogP contribution in [0.15, 0.2) is 24.3 Å². The third-order valence-corrected chi connectivity index (χ3v) is 3.14. The number of aryl methyl sites for hydroxylation is 1. The van der Waals surface area contributed by atoms with Gasteiger partial charge in [-0.25, -0.2) is 9.50 Å². The summed E-state index contributed by atoms with van der Waals surface area (Å²) in [7, 11) is 1.65. The van der Waals surface area contributed by atoms with Gasteiger partial charge in [0.1, 0.15) is 5.75 Å². The molecule has 6 nitrogen and oxygen atoms in total. The summed E-state index contributed by atoms with van der Waals surface area (Å²) >= 11 is 0. The summed E-state index contributed by atoms with van der Waals surface area (Å²) in [6.45, 7) is 2.36. The Morgan fingerprint density at radius 2 is 2.00 bits per heavy atom. The number of methoxy groups -OCH3 is 1. The van der Waals surface area contributed by atoms with Crippen LogP contribution in [-0.2, 0) is 6.54 Å². The first-order valence-electron chi connectivity index (χ1n) is 6.01. The summed E-state index contributed by atoms with van der Waals surface area (Å²) in [6.07, 6.45) is 0. The van der Waals surface area contributed by atoms with Gasteiger partial charge in [-0.05, 0) is 31.2 Å². The molecule has 0 atom stereocenters. The number of nitrogens with two attached hydrogens (primary N) is 1. The number of H-pyrrole nitrogens is 1. The third kappa shape index (κ3) is 1.86. The second kappa shape index (κ2) is 4.40. The molecule has 1 aromatic carbocycles. The predicted molar refractivity (Wildman–Crippen MR) is 72.0 cm³/mol. The van der Waals surface area contributed by atoms with Crippen LogP contribution in [0.4, 0.5) is 0 Å². The van der Waals surface area contributed by atoms with Crippen LogP contribution in [0.1, 0.15) is 11.4 Å². The molecule has 0 saturated carbocycles. The Morgan fingerprint density at radius 3 is 2.63 bits per heavy atom. The zero-order valence-electron chi connectivity index (χ0n) is 10.8. The largest absolute Gasteiger partial charge is 0.497 e. The first kappa shape index (κ1) is 11.7. The van der Waals surface area contributed by atoms with Crippen LogP contribution in [0.3, 0.4) is 0 Å². The van der Waals surface area contributed by atoms with Crippen LogP contribution in [0.25, 0.3) is 17.2 Å². The van der Waals surface area contributed by atoms with Crippen molar-refractivity contribution in [3.63, 3.8) is 0 Å². The second-order valence-corrected chi connectivity index (χ2v) is 4.28. The maximum Gasteiger partial charge on any atom is 0.251 e. The number of benzene rings is 1. The van der Waals surface area contributed by atoms with Crippen LogP contribution in [-0.4, -0.2) is 26.7 Å². The zero-order valence-corrected chi connectivity index (χ0v) is 10.8. The van der Waals surface area contributed by atoms with E-state index in [0.717, 1.165) is 28.5 Å². The van der Waals surface area contributed by atoms with E-state index in [-0.39, 0.29) is 0 Å². The lowest BCUT2D eigenvalue weighted by Crippen LogP contribution is -2.03. The van der Waals surface area contributed by atoms with E-state index in [9.17, 15) is 0 Å². The zero-order chi connectivity index (χ0) is 13.4. The molecule has 19 heavy (non-hydrogen) atoms. The molecule has 0 aliphatic carbocycles. The van der Waals surface area contributed by atoms with Gasteiger partial charge >= 0.3 is 0 Å². The van der Waals surface area contributed by atoms with Crippen molar-refractivity contribution in [2.75, 3.05) is 7.11 Å². The Bertz CT molecular complexity index is 711. The molecule has 0 amide bonds. The third-order valence-electron chi connectivity index (χ3n) is 3.14. The van der Waals surface area contributed by atoms with Crippen molar-refractivity contribution in [1.82, 2.24) is 19.6 Å². The number of nitrogens with zero attached hydrogens (tertiary/aromatic N) is 3. The molecule has 3 rings (SSSR count). The molecule has 2 heterocycles. The van der Waals surface area contributed by atoms with E-state index in [0.29, 0.717) is 12.3 Å². The van der Waals surface area contributed by atoms with Crippen LogP contribution >= 0.6 is 0 Å². The lowest BCUT2D eigenvalue weighted by atomic mass is 10.2. The average Bonchev–Trinajstić information content (AvgIpc) is 2.95. The number of rotatable bonds is 3. The van der Waals surface area contributed by atoms with Gasteiger partial charge in [-0.3, -0.25) is 5.10 Å². The standard InChI is InChI=1S/C13H15N5O/c1-8-11(7-14)18-13(15-8)16-12(17-18)9-3-5-10(19-2)6-4-9/h3-6H,7,14H2,1-2H3,(H,15,16,17). The maximum atomic E-state index is 5.72. The molecule has 0 radical (unpaired) electrons. The maximum absolute atomic E-state index is 5.72. The van der Waals surface area contributed by atoms with Crippen molar-refractivity contribution in [3.8, 4) is 17.1 Å². The van der Waals surface area contributed by atoms with Gasteiger partial charge in [0, 0.05) is 12.1 Å². The van der Waals surface area contributed by atoms with Crippen molar-refractivity contribution in [2.45, 2.75) is 13.5 Å². The minimum absolute atomic E-state index is 0.428. The van der Waals surface area contributed by atoms with Gasteiger partial charge in [0.25, 0.3) is 5.78 Å². The van der Waals surface area contributed by atoms with Crippen molar-refractivity contribution >= 4 is 5.78 Å². The van der Waals surface area contributed by atoms with Gasteiger partial charge in [-0.2, -0.15) is 4.98 Å².